The second-order valence-corrected chi connectivity index (χ2v) is 6.60. The highest BCUT2D eigenvalue weighted by Gasteiger charge is 2.05. The number of carbonyl (C=O) groups excluding carboxylic acids is 2. The fourth-order valence-corrected chi connectivity index (χ4v) is 2.56. The van der Waals surface area contributed by atoms with Crippen molar-refractivity contribution in [1.82, 2.24) is 0 Å². The molecule has 5 heteroatoms. The molecule has 0 aliphatic carbocycles. The molecule has 0 radical (unpaired) electrons. The van der Waals surface area contributed by atoms with E-state index >= 15 is 0 Å². The first kappa shape index (κ1) is 23.0. The van der Waals surface area contributed by atoms with Crippen molar-refractivity contribution in [3.8, 4) is 5.75 Å². The number of carbonyl (C=O) groups is 2. The van der Waals surface area contributed by atoms with E-state index in [1.807, 2.05) is 12.2 Å². The van der Waals surface area contributed by atoms with E-state index in [4.69, 9.17) is 21.1 Å². The molecule has 0 amide bonds. The average molecular weight is 393 g/mol. The highest BCUT2D eigenvalue weighted by Crippen LogP contribution is 2.23. The minimum absolute atomic E-state index is 0.194. The molecule has 0 saturated carbocycles. The summed E-state index contributed by atoms with van der Waals surface area (Å²) >= 11 is 5.89. The maximum absolute atomic E-state index is 11.6. The molecule has 0 fully saturated rings. The maximum atomic E-state index is 11.6. The van der Waals surface area contributed by atoms with Gasteiger partial charge in [0.25, 0.3) is 0 Å². The van der Waals surface area contributed by atoms with Crippen LogP contribution in [0.25, 0.3) is 0 Å². The van der Waals surface area contributed by atoms with Gasteiger partial charge in [-0.1, -0.05) is 81.3 Å². The lowest BCUT2D eigenvalue weighted by Gasteiger charge is -2.02. The molecule has 0 aliphatic heterocycles. The molecular weight excluding hydrogens is 364 g/mol. The fourth-order valence-electron chi connectivity index (χ4n) is 2.39. The normalized spacial score (nSPS) is 11.2. The van der Waals surface area contributed by atoms with Gasteiger partial charge in [0.1, 0.15) is 12.4 Å². The van der Waals surface area contributed by atoms with Crippen LogP contribution in [0, 0.1) is 0 Å². The largest absolute Gasteiger partial charge is 0.458 e. The van der Waals surface area contributed by atoms with Gasteiger partial charge >= 0.3 is 11.9 Å². The van der Waals surface area contributed by atoms with Crippen LogP contribution in [0.3, 0.4) is 0 Å². The number of unbranched alkanes of at least 4 members (excludes halogenated alkanes) is 7. The minimum Gasteiger partial charge on any atom is -0.458 e. The number of para-hydroxylation sites is 1. The van der Waals surface area contributed by atoms with Crippen LogP contribution in [0.1, 0.15) is 58.3 Å². The van der Waals surface area contributed by atoms with E-state index in [0.717, 1.165) is 25.0 Å². The van der Waals surface area contributed by atoms with Gasteiger partial charge in [-0.2, -0.15) is 0 Å². The quantitative estimate of drug-likeness (QED) is 0.135. The number of esters is 2. The van der Waals surface area contributed by atoms with Crippen molar-refractivity contribution in [1.29, 1.82) is 0 Å². The molecule has 0 N–H and O–H groups in total. The Kier molecular flexibility index (Phi) is 12.8. The predicted octanol–water partition coefficient (Wildman–Crippen LogP) is 6.04. The molecule has 0 bridgehead atoms. The van der Waals surface area contributed by atoms with Gasteiger partial charge in [-0.05, 0) is 25.0 Å². The van der Waals surface area contributed by atoms with E-state index in [9.17, 15) is 9.59 Å². The Morgan fingerprint density at radius 2 is 1.59 bits per heavy atom. The van der Waals surface area contributed by atoms with Gasteiger partial charge in [0, 0.05) is 12.2 Å². The Bertz CT molecular complexity index is 622. The van der Waals surface area contributed by atoms with Crippen LogP contribution in [0.15, 0.2) is 48.6 Å². The SMILES string of the molecule is CCCCCCCCC/C=C/COC(=O)/C=C/C(=O)Oc1ccccc1Cl. The molecule has 0 heterocycles. The number of hydrogen-bond acceptors (Lipinski definition) is 4. The fraction of sp³-hybridized carbons (Fsp3) is 0.455. The molecule has 0 atom stereocenters. The molecule has 1 aromatic carbocycles. The van der Waals surface area contributed by atoms with Gasteiger partial charge in [-0.15, -0.1) is 0 Å². The zero-order valence-electron chi connectivity index (χ0n) is 16.0. The molecule has 1 rings (SSSR count). The second-order valence-electron chi connectivity index (χ2n) is 6.20. The number of hydrogen-bond donors (Lipinski definition) is 0. The first-order valence-corrected chi connectivity index (χ1v) is 9.97. The Labute approximate surface area is 167 Å². The molecule has 0 unspecified atom stereocenters. The van der Waals surface area contributed by atoms with Gasteiger partial charge in [0.05, 0.1) is 5.02 Å². The monoisotopic (exact) mass is 392 g/mol. The van der Waals surface area contributed by atoms with E-state index in [0.29, 0.717) is 5.02 Å². The standard InChI is InChI=1S/C22H29ClO4/c1-2-3-4-5-6-7-8-9-10-13-18-26-21(24)16-17-22(25)27-20-15-12-11-14-19(20)23/h10-17H,2-9,18H2,1H3/b13-10+,17-16+. The van der Waals surface area contributed by atoms with Gasteiger partial charge < -0.3 is 9.47 Å². The average Bonchev–Trinajstić information content (AvgIpc) is 2.66. The molecule has 1 aromatic rings. The van der Waals surface area contributed by atoms with Crippen molar-refractivity contribution in [3.63, 3.8) is 0 Å². The van der Waals surface area contributed by atoms with E-state index < -0.39 is 11.9 Å². The van der Waals surface area contributed by atoms with E-state index in [2.05, 4.69) is 6.92 Å². The smallest absolute Gasteiger partial charge is 0.336 e. The molecule has 4 nitrogen and oxygen atoms in total. The lowest BCUT2D eigenvalue weighted by Crippen LogP contribution is -2.07. The first-order valence-electron chi connectivity index (χ1n) is 9.59. The summed E-state index contributed by atoms with van der Waals surface area (Å²) in [5.41, 5.74) is 0. The molecular formula is C22H29ClO4. The van der Waals surface area contributed by atoms with Crippen LogP contribution in [-0.4, -0.2) is 18.5 Å². The lowest BCUT2D eigenvalue weighted by atomic mass is 10.1. The molecule has 148 valence electrons. The third-order valence-electron chi connectivity index (χ3n) is 3.87. The summed E-state index contributed by atoms with van der Waals surface area (Å²) in [5, 5.41) is 0.327. The molecule has 0 spiro atoms. The predicted molar refractivity (Wildman–Crippen MR) is 109 cm³/mol. The number of allylic oxidation sites excluding steroid dienone is 1. The summed E-state index contributed by atoms with van der Waals surface area (Å²) in [4.78, 5) is 23.2. The van der Waals surface area contributed by atoms with Crippen molar-refractivity contribution in [2.75, 3.05) is 6.61 Å². The van der Waals surface area contributed by atoms with Crippen molar-refractivity contribution >= 4 is 23.5 Å². The highest BCUT2D eigenvalue weighted by molar-refractivity contribution is 6.32. The summed E-state index contributed by atoms with van der Waals surface area (Å²) in [6, 6.07) is 6.61. The molecule has 0 saturated heterocycles. The number of benzene rings is 1. The third kappa shape index (κ3) is 12.0. The molecule has 0 aromatic heterocycles. The van der Waals surface area contributed by atoms with Crippen LogP contribution >= 0.6 is 11.6 Å². The Balaban J connectivity index is 2.10. The van der Waals surface area contributed by atoms with Gasteiger partial charge in [0.15, 0.2) is 0 Å². The maximum Gasteiger partial charge on any atom is 0.336 e. The molecule has 27 heavy (non-hydrogen) atoms. The number of halogens is 1. The van der Waals surface area contributed by atoms with Crippen molar-refractivity contribution in [2.24, 2.45) is 0 Å². The molecule has 0 aliphatic rings. The van der Waals surface area contributed by atoms with Crippen molar-refractivity contribution in [3.05, 3.63) is 53.6 Å². The van der Waals surface area contributed by atoms with E-state index in [-0.39, 0.29) is 12.4 Å². The number of ether oxygens (including phenoxy) is 2. The van der Waals surface area contributed by atoms with Crippen LogP contribution in [0.2, 0.25) is 5.02 Å². The minimum atomic E-state index is -0.686. The second kappa shape index (κ2) is 15.0. The van der Waals surface area contributed by atoms with Crippen LogP contribution in [-0.2, 0) is 14.3 Å². The third-order valence-corrected chi connectivity index (χ3v) is 4.18. The van der Waals surface area contributed by atoms with Crippen LogP contribution < -0.4 is 4.74 Å². The summed E-state index contributed by atoms with van der Waals surface area (Å²) in [7, 11) is 0. The Morgan fingerprint density at radius 3 is 2.33 bits per heavy atom. The summed E-state index contributed by atoms with van der Waals surface area (Å²) in [6.07, 6.45) is 15.9. The lowest BCUT2D eigenvalue weighted by molar-refractivity contribution is -0.137. The van der Waals surface area contributed by atoms with Gasteiger partial charge in [-0.3, -0.25) is 0 Å². The Hall–Kier alpha value is -2.07. The van der Waals surface area contributed by atoms with Crippen molar-refractivity contribution < 1.29 is 19.1 Å². The van der Waals surface area contributed by atoms with E-state index in [1.165, 1.54) is 38.5 Å². The topological polar surface area (TPSA) is 52.6 Å². The first-order chi connectivity index (χ1) is 13.1. The van der Waals surface area contributed by atoms with Gasteiger partial charge in [0.2, 0.25) is 0 Å². The van der Waals surface area contributed by atoms with Gasteiger partial charge in [-0.25, -0.2) is 9.59 Å². The van der Waals surface area contributed by atoms with Crippen molar-refractivity contribution in [2.45, 2.75) is 58.3 Å². The van der Waals surface area contributed by atoms with Crippen LogP contribution in [0.4, 0.5) is 0 Å². The van der Waals surface area contributed by atoms with E-state index in [1.54, 1.807) is 24.3 Å². The number of rotatable bonds is 13. The Morgan fingerprint density at radius 1 is 0.926 bits per heavy atom. The summed E-state index contributed by atoms with van der Waals surface area (Å²) < 4.78 is 10.0. The zero-order valence-corrected chi connectivity index (χ0v) is 16.7. The highest BCUT2D eigenvalue weighted by atomic mass is 35.5. The summed E-state index contributed by atoms with van der Waals surface area (Å²) in [6.45, 7) is 2.42. The summed E-state index contributed by atoms with van der Waals surface area (Å²) in [5.74, 6) is -1.03. The zero-order chi connectivity index (χ0) is 19.7. The van der Waals surface area contributed by atoms with Crippen LogP contribution in [0.5, 0.6) is 5.75 Å².